The number of fused-ring (bicyclic) bond motifs is 1. The Morgan fingerprint density at radius 3 is 2.82 bits per heavy atom. The minimum Gasteiger partial charge on any atom is -0.320 e. The average Bonchev–Trinajstić information content (AvgIpc) is 2.74. The van der Waals surface area contributed by atoms with Crippen LogP contribution in [-0.2, 0) is 13.0 Å². The Balaban J connectivity index is 1.47. The van der Waals surface area contributed by atoms with Gasteiger partial charge in [0.1, 0.15) is 6.07 Å². The van der Waals surface area contributed by atoms with Crippen molar-refractivity contribution in [3.05, 3.63) is 75.5 Å². The van der Waals surface area contributed by atoms with Crippen molar-refractivity contribution in [2.45, 2.75) is 26.3 Å². The topological polar surface area (TPSA) is 85.7 Å². The van der Waals surface area contributed by atoms with Gasteiger partial charge in [0.25, 0.3) is 5.56 Å². The van der Waals surface area contributed by atoms with E-state index in [9.17, 15) is 4.79 Å². The second kappa shape index (κ2) is 7.75. The molecule has 0 bridgehead atoms. The van der Waals surface area contributed by atoms with Gasteiger partial charge in [-0.1, -0.05) is 13.0 Å². The monoisotopic (exact) mass is 371 g/mol. The van der Waals surface area contributed by atoms with Crippen LogP contribution in [0.2, 0.25) is 0 Å². The standard InChI is InChI=1S/C22H21N5O/c1-2-17-10-20-21(26-22(17)28)9-16(13-25-20)14-27-7-5-18(6-8-27)19-4-3-15(11-23)12-24-19/h3-5,9-10,12-13H,2,6-8,14H2,1H3,(H,26,28). The lowest BCUT2D eigenvalue weighted by atomic mass is 10.0. The van der Waals surface area contributed by atoms with E-state index in [4.69, 9.17) is 5.26 Å². The van der Waals surface area contributed by atoms with Crippen molar-refractivity contribution in [2.24, 2.45) is 0 Å². The first-order valence-electron chi connectivity index (χ1n) is 9.45. The third kappa shape index (κ3) is 3.71. The molecule has 3 aromatic rings. The van der Waals surface area contributed by atoms with Crippen LogP contribution in [0, 0.1) is 11.3 Å². The predicted molar refractivity (Wildman–Crippen MR) is 109 cm³/mol. The second-order valence-electron chi connectivity index (χ2n) is 7.01. The second-order valence-corrected chi connectivity index (χ2v) is 7.01. The van der Waals surface area contributed by atoms with Crippen molar-refractivity contribution < 1.29 is 0 Å². The molecule has 1 aliphatic rings. The molecule has 0 aromatic carbocycles. The van der Waals surface area contributed by atoms with Crippen LogP contribution < -0.4 is 5.56 Å². The number of nitrogens with one attached hydrogen (secondary N) is 1. The van der Waals surface area contributed by atoms with Gasteiger partial charge in [-0.3, -0.25) is 19.7 Å². The molecule has 0 saturated carbocycles. The maximum atomic E-state index is 12.1. The molecule has 0 aliphatic carbocycles. The third-order valence-corrected chi connectivity index (χ3v) is 5.13. The molecule has 0 saturated heterocycles. The number of H-pyrrole nitrogens is 1. The molecule has 140 valence electrons. The molecule has 4 heterocycles. The summed E-state index contributed by atoms with van der Waals surface area (Å²) in [6.07, 6.45) is 7.32. The minimum absolute atomic E-state index is 0.0329. The van der Waals surface area contributed by atoms with E-state index < -0.39 is 0 Å². The lowest BCUT2D eigenvalue weighted by Crippen LogP contribution is -2.28. The lowest BCUT2D eigenvalue weighted by Gasteiger charge is -2.26. The largest absolute Gasteiger partial charge is 0.320 e. The fourth-order valence-electron chi connectivity index (χ4n) is 3.51. The van der Waals surface area contributed by atoms with Gasteiger partial charge in [0.15, 0.2) is 0 Å². The molecule has 1 N–H and O–H groups in total. The van der Waals surface area contributed by atoms with Crippen molar-refractivity contribution in [2.75, 3.05) is 13.1 Å². The maximum Gasteiger partial charge on any atom is 0.251 e. The molecule has 0 amide bonds. The average molecular weight is 371 g/mol. The molecule has 0 atom stereocenters. The Bertz CT molecular complexity index is 1140. The molecule has 0 fully saturated rings. The number of hydrogen-bond donors (Lipinski definition) is 1. The normalized spacial score (nSPS) is 14.6. The van der Waals surface area contributed by atoms with Gasteiger partial charge in [0.05, 0.1) is 22.3 Å². The summed E-state index contributed by atoms with van der Waals surface area (Å²) in [5, 5.41) is 8.89. The van der Waals surface area contributed by atoms with Gasteiger partial charge in [0, 0.05) is 37.6 Å². The number of pyridine rings is 3. The number of nitrogens with zero attached hydrogens (tertiary/aromatic N) is 4. The Morgan fingerprint density at radius 2 is 2.14 bits per heavy atom. The summed E-state index contributed by atoms with van der Waals surface area (Å²) in [5.41, 5.74) is 6.16. The van der Waals surface area contributed by atoms with Gasteiger partial charge in [0.2, 0.25) is 0 Å². The first-order chi connectivity index (χ1) is 13.7. The number of aromatic nitrogens is 3. The molecule has 6 nitrogen and oxygen atoms in total. The van der Waals surface area contributed by atoms with Gasteiger partial charge in [-0.25, -0.2) is 0 Å². The van der Waals surface area contributed by atoms with E-state index in [-0.39, 0.29) is 5.56 Å². The summed E-state index contributed by atoms with van der Waals surface area (Å²) in [6.45, 7) is 4.51. The van der Waals surface area contributed by atoms with Crippen molar-refractivity contribution in [3.63, 3.8) is 0 Å². The van der Waals surface area contributed by atoms with Crippen LogP contribution in [0.5, 0.6) is 0 Å². The number of aryl methyl sites for hydroxylation is 1. The molecule has 3 aromatic heterocycles. The van der Waals surface area contributed by atoms with E-state index >= 15 is 0 Å². The predicted octanol–water partition coefficient (Wildman–Crippen LogP) is 3.04. The zero-order valence-electron chi connectivity index (χ0n) is 15.8. The van der Waals surface area contributed by atoms with Crippen molar-refractivity contribution >= 4 is 16.6 Å². The molecule has 28 heavy (non-hydrogen) atoms. The molecule has 0 unspecified atom stereocenters. The van der Waals surface area contributed by atoms with Crippen LogP contribution in [-0.4, -0.2) is 32.9 Å². The highest BCUT2D eigenvalue weighted by atomic mass is 16.1. The first-order valence-corrected chi connectivity index (χ1v) is 9.45. The van der Waals surface area contributed by atoms with Crippen LogP contribution >= 0.6 is 0 Å². The summed E-state index contributed by atoms with van der Waals surface area (Å²) >= 11 is 0. The molecule has 4 rings (SSSR count). The third-order valence-electron chi connectivity index (χ3n) is 5.13. The number of hydrogen-bond acceptors (Lipinski definition) is 5. The molecule has 0 radical (unpaired) electrons. The summed E-state index contributed by atoms with van der Waals surface area (Å²) in [6, 6.07) is 9.70. The summed E-state index contributed by atoms with van der Waals surface area (Å²) < 4.78 is 0. The van der Waals surface area contributed by atoms with Crippen molar-refractivity contribution in [1.82, 2.24) is 19.9 Å². The van der Waals surface area contributed by atoms with Gasteiger partial charge in [-0.05, 0) is 48.2 Å². The quantitative estimate of drug-likeness (QED) is 0.762. The van der Waals surface area contributed by atoms with E-state index in [1.165, 1.54) is 5.57 Å². The van der Waals surface area contributed by atoms with Crippen LogP contribution in [0.4, 0.5) is 0 Å². The van der Waals surface area contributed by atoms with Crippen LogP contribution in [0.15, 0.2) is 47.5 Å². The minimum atomic E-state index is -0.0329. The van der Waals surface area contributed by atoms with Gasteiger partial charge in [-0.15, -0.1) is 0 Å². The van der Waals surface area contributed by atoms with Gasteiger partial charge < -0.3 is 4.98 Å². The van der Waals surface area contributed by atoms with Gasteiger partial charge >= 0.3 is 0 Å². The highest BCUT2D eigenvalue weighted by molar-refractivity contribution is 5.74. The Hall–Kier alpha value is -3.30. The van der Waals surface area contributed by atoms with E-state index in [0.717, 1.165) is 53.9 Å². The number of rotatable bonds is 4. The summed E-state index contributed by atoms with van der Waals surface area (Å²) in [4.78, 5) is 26.3. The molecular weight excluding hydrogens is 350 g/mol. The van der Waals surface area contributed by atoms with Crippen LogP contribution in [0.3, 0.4) is 0 Å². The highest BCUT2D eigenvalue weighted by Crippen LogP contribution is 2.22. The Labute approximate surface area is 163 Å². The maximum absolute atomic E-state index is 12.1. The van der Waals surface area contributed by atoms with Crippen LogP contribution in [0.1, 0.15) is 35.7 Å². The van der Waals surface area contributed by atoms with E-state index in [1.807, 2.05) is 31.3 Å². The number of aromatic amines is 1. The Kier molecular flexibility index (Phi) is 5.00. The fraction of sp³-hybridized carbons (Fsp3) is 0.273. The molecule has 0 spiro atoms. The van der Waals surface area contributed by atoms with E-state index in [1.54, 1.807) is 12.3 Å². The smallest absolute Gasteiger partial charge is 0.251 e. The summed E-state index contributed by atoms with van der Waals surface area (Å²) in [5.74, 6) is 0. The summed E-state index contributed by atoms with van der Waals surface area (Å²) in [7, 11) is 0. The molecule has 6 heteroatoms. The zero-order valence-corrected chi connectivity index (χ0v) is 15.8. The van der Waals surface area contributed by atoms with Crippen molar-refractivity contribution in [3.8, 4) is 6.07 Å². The van der Waals surface area contributed by atoms with E-state index in [0.29, 0.717) is 12.0 Å². The lowest BCUT2D eigenvalue weighted by molar-refractivity contribution is 0.293. The highest BCUT2D eigenvalue weighted by Gasteiger charge is 2.15. The SMILES string of the molecule is CCc1cc2ncc(CN3CC=C(c4ccc(C#N)cn4)CC3)cc2[nH]c1=O. The van der Waals surface area contributed by atoms with Crippen molar-refractivity contribution in [1.29, 1.82) is 5.26 Å². The molecule has 1 aliphatic heterocycles. The van der Waals surface area contributed by atoms with E-state index in [2.05, 4.69) is 32.0 Å². The Morgan fingerprint density at radius 1 is 1.25 bits per heavy atom. The fourth-order valence-corrected chi connectivity index (χ4v) is 3.51. The number of nitriles is 1. The first kappa shape index (κ1) is 18.1. The molecular formula is C22H21N5O. The van der Waals surface area contributed by atoms with Gasteiger partial charge in [-0.2, -0.15) is 5.26 Å². The van der Waals surface area contributed by atoms with Crippen LogP contribution in [0.25, 0.3) is 16.6 Å². The zero-order chi connectivity index (χ0) is 19.5.